The van der Waals surface area contributed by atoms with Crippen LogP contribution in [-0.4, -0.2) is 47.9 Å². The van der Waals surface area contributed by atoms with Crippen LogP contribution in [0.1, 0.15) is 55.5 Å². The number of carbonyl (C=O) groups excluding carboxylic acids is 2. The monoisotopic (exact) mass is 440 g/mol. The lowest BCUT2D eigenvalue weighted by atomic mass is 10.00. The molecule has 0 radical (unpaired) electrons. The summed E-state index contributed by atoms with van der Waals surface area (Å²) in [5.41, 5.74) is 1.18. The van der Waals surface area contributed by atoms with Gasteiger partial charge in [-0.05, 0) is 54.8 Å². The molecule has 31 heavy (non-hydrogen) atoms. The summed E-state index contributed by atoms with van der Waals surface area (Å²) in [6.45, 7) is 3.97. The van der Waals surface area contributed by atoms with E-state index in [0.717, 1.165) is 44.3 Å². The first-order valence-electron chi connectivity index (χ1n) is 11.5. The summed E-state index contributed by atoms with van der Waals surface area (Å²) < 4.78 is 6.06. The van der Waals surface area contributed by atoms with Crippen LogP contribution in [0.5, 0.6) is 5.75 Å². The van der Waals surface area contributed by atoms with Gasteiger partial charge in [0.05, 0.1) is 12.6 Å². The second-order valence-electron chi connectivity index (χ2n) is 8.52. The molecule has 1 aromatic carbocycles. The third-order valence-corrected chi connectivity index (χ3v) is 7.40. The molecule has 1 aliphatic carbocycles. The molecule has 0 bridgehead atoms. The Hall–Kier alpha value is -2.34. The van der Waals surface area contributed by atoms with E-state index in [2.05, 4.69) is 18.4 Å². The maximum Gasteiger partial charge on any atom is 0.242 e. The Bertz CT molecular complexity index is 876. The van der Waals surface area contributed by atoms with Gasteiger partial charge in [0, 0.05) is 23.9 Å². The fourth-order valence-electron chi connectivity index (χ4n) is 4.79. The van der Waals surface area contributed by atoms with Crippen molar-refractivity contribution in [3.63, 3.8) is 0 Å². The molecule has 1 aliphatic heterocycles. The van der Waals surface area contributed by atoms with E-state index in [0.29, 0.717) is 19.7 Å². The number of thiophene rings is 1. The molecule has 2 heterocycles. The summed E-state index contributed by atoms with van der Waals surface area (Å²) in [5.74, 6) is 1.10. The maximum absolute atomic E-state index is 13.4. The summed E-state index contributed by atoms with van der Waals surface area (Å²) in [6.07, 6.45) is 5.89. The van der Waals surface area contributed by atoms with Crippen molar-refractivity contribution in [2.45, 2.75) is 51.5 Å². The first-order chi connectivity index (χ1) is 15.2. The van der Waals surface area contributed by atoms with E-state index in [1.54, 1.807) is 16.2 Å². The molecule has 1 atom stereocenters. The molecule has 6 heteroatoms. The number of amides is 2. The summed E-state index contributed by atoms with van der Waals surface area (Å²) in [5, 5.41) is 2.10. The minimum Gasteiger partial charge on any atom is -0.491 e. The van der Waals surface area contributed by atoms with Gasteiger partial charge in [0.1, 0.15) is 12.4 Å². The number of benzene rings is 1. The van der Waals surface area contributed by atoms with Gasteiger partial charge in [-0.2, -0.15) is 0 Å². The van der Waals surface area contributed by atoms with Gasteiger partial charge in [-0.1, -0.05) is 38.0 Å². The van der Waals surface area contributed by atoms with Crippen molar-refractivity contribution in [2.24, 2.45) is 5.92 Å². The average Bonchev–Trinajstić information content (AvgIpc) is 3.49. The molecule has 1 unspecified atom stereocenters. The van der Waals surface area contributed by atoms with E-state index in [-0.39, 0.29) is 30.3 Å². The number of para-hydroxylation sites is 1. The predicted octanol–water partition coefficient (Wildman–Crippen LogP) is 4.68. The normalized spacial score (nSPS) is 18.6. The van der Waals surface area contributed by atoms with Crippen LogP contribution in [0.2, 0.25) is 0 Å². The highest BCUT2D eigenvalue weighted by Gasteiger charge is 2.34. The van der Waals surface area contributed by atoms with Crippen molar-refractivity contribution in [3.05, 3.63) is 52.2 Å². The lowest BCUT2D eigenvalue weighted by molar-refractivity contribution is -0.144. The molecule has 0 spiro atoms. The minimum atomic E-state index is -0.118. The number of ether oxygens (including phenoxy) is 1. The van der Waals surface area contributed by atoms with Crippen LogP contribution in [0, 0.1) is 5.92 Å². The predicted molar refractivity (Wildman–Crippen MR) is 123 cm³/mol. The summed E-state index contributed by atoms with van der Waals surface area (Å²) >= 11 is 1.75. The second kappa shape index (κ2) is 10.3. The van der Waals surface area contributed by atoms with E-state index in [9.17, 15) is 9.59 Å². The van der Waals surface area contributed by atoms with Gasteiger partial charge in [-0.3, -0.25) is 9.59 Å². The number of carbonyl (C=O) groups is 2. The summed E-state index contributed by atoms with van der Waals surface area (Å²) in [6, 6.07) is 11.7. The van der Waals surface area contributed by atoms with Crippen molar-refractivity contribution in [1.29, 1.82) is 0 Å². The van der Waals surface area contributed by atoms with Gasteiger partial charge >= 0.3 is 0 Å². The van der Waals surface area contributed by atoms with Crippen molar-refractivity contribution < 1.29 is 14.3 Å². The molecular weight excluding hydrogens is 408 g/mol. The fourth-order valence-corrected chi connectivity index (χ4v) is 5.72. The van der Waals surface area contributed by atoms with Gasteiger partial charge in [-0.15, -0.1) is 11.3 Å². The fraction of sp³-hybridized carbons (Fsp3) is 0.520. The van der Waals surface area contributed by atoms with Gasteiger partial charge in [0.2, 0.25) is 11.8 Å². The van der Waals surface area contributed by atoms with Crippen LogP contribution in [0.4, 0.5) is 0 Å². The molecule has 1 fully saturated rings. The van der Waals surface area contributed by atoms with Crippen molar-refractivity contribution in [1.82, 2.24) is 9.80 Å². The Kier molecular flexibility index (Phi) is 7.28. The Morgan fingerprint density at radius 2 is 1.94 bits per heavy atom. The van der Waals surface area contributed by atoms with Crippen LogP contribution in [0.15, 0.2) is 41.8 Å². The minimum absolute atomic E-state index is 0.0262. The first-order valence-corrected chi connectivity index (χ1v) is 12.4. The zero-order valence-electron chi connectivity index (χ0n) is 18.3. The quantitative estimate of drug-likeness (QED) is 0.599. The highest BCUT2D eigenvalue weighted by atomic mass is 32.1. The molecular formula is C25H32N2O3S. The lowest BCUT2D eigenvalue weighted by Gasteiger charge is -2.37. The third-order valence-electron chi connectivity index (χ3n) is 6.40. The van der Waals surface area contributed by atoms with Gasteiger partial charge in [0.25, 0.3) is 0 Å². The molecule has 0 saturated heterocycles. The zero-order chi connectivity index (χ0) is 21.6. The molecule has 2 amide bonds. The number of nitrogens with zero attached hydrogens (tertiary/aromatic N) is 2. The first kappa shape index (κ1) is 21.9. The van der Waals surface area contributed by atoms with Crippen molar-refractivity contribution >= 4 is 23.2 Å². The van der Waals surface area contributed by atoms with E-state index in [1.807, 2.05) is 35.2 Å². The van der Waals surface area contributed by atoms with Crippen LogP contribution >= 0.6 is 11.3 Å². The highest BCUT2D eigenvalue weighted by molar-refractivity contribution is 7.10. The molecule has 2 aliphatic rings. The number of fused-ring (bicyclic) bond motifs is 1. The maximum atomic E-state index is 13.4. The standard InChI is InChI=1S/C25H32N2O3S/c1-2-14-26(25(29)19-8-6-7-9-19)17-24(28)27-15-12-23-21(13-16-31-23)22(27)18-30-20-10-4-3-5-11-20/h3-5,10-11,13,16,19,22H,2,6-9,12,14-15,17-18H2,1H3. The van der Waals surface area contributed by atoms with Crippen molar-refractivity contribution in [2.75, 3.05) is 26.2 Å². The van der Waals surface area contributed by atoms with Gasteiger partial charge in [0.15, 0.2) is 0 Å². The van der Waals surface area contributed by atoms with Crippen LogP contribution in [0.3, 0.4) is 0 Å². The molecule has 0 N–H and O–H groups in total. The van der Waals surface area contributed by atoms with E-state index < -0.39 is 0 Å². The topological polar surface area (TPSA) is 49.9 Å². The van der Waals surface area contributed by atoms with Crippen LogP contribution in [0.25, 0.3) is 0 Å². The molecule has 2 aromatic rings. The van der Waals surface area contributed by atoms with Crippen molar-refractivity contribution in [3.8, 4) is 5.75 Å². The van der Waals surface area contributed by atoms with Crippen LogP contribution in [-0.2, 0) is 16.0 Å². The van der Waals surface area contributed by atoms with E-state index >= 15 is 0 Å². The highest BCUT2D eigenvalue weighted by Crippen LogP contribution is 2.34. The summed E-state index contributed by atoms with van der Waals surface area (Å²) in [7, 11) is 0. The molecule has 166 valence electrons. The molecule has 5 nitrogen and oxygen atoms in total. The average molecular weight is 441 g/mol. The van der Waals surface area contributed by atoms with E-state index in [1.165, 1.54) is 10.4 Å². The SMILES string of the molecule is CCCN(CC(=O)N1CCc2sccc2C1COc1ccccc1)C(=O)C1CCCC1. The Morgan fingerprint density at radius 3 is 2.68 bits per heavy atom. The smallest absolute Gasteiger partial charge is 0.242 e. The number of hydrogen-bond donors (Lipinski definition) is 0. The lowest BCUT2D eigenvalue weighted by Crippen LogP contribution is -2.48. The van der Waals surface area contributed by atoms with Gasteiger partial charge in [-0.25, -0.2) is 0 Å². The Morgan fingerprint density at radius 1 is 1.16 bits per heavy atom. The second-order valence-corrected chi connectivity index (χ2v) is 9.52. The van der Waals surface area contributed by atoms with E-state index in [4.69, 9.17) is 4.74 Å². The largest absolute Gasteiger partial charge is 0.491 e. The zero-order valence-corrected chi connectivity index (χ0v) is 19.1. The Labute approximate surface area is 189 Å². The molecule has 1 saturated carbocycles. The molecule has 1 aromatic heterocycles. The van der Waals surface area contributed by atoms with Gasteiger partial charge < -0.3 is 14.5 Å². The number of hydrogen-bond acceptors (Lipinski definition) is 4. The number of rotatable bonds is 8. The Balaban J connectivity index is 1.48. The van der Waals surface area contributed by atoms with Crippen LogP contribution < -0.4 is 4.74 Å². The molecule has 4 rings (SSSR count). The summed E-state index contributed by atoms with van der Waals surface area (Å²) in [4.78, 5) is 31.5. The third kappa shape index (κ3) is 5.12.